The summed E-state index contributed by atoms with van der Waals surface area (Å²) in [5.74, 6) is -0.236. The molecule has 2 amide bonds. The molecule has 1 unspecified atom stereocenters. The lowest BCUT2D eigenvalue weighted by Gasteiger charge is -2.18. The second-order valence-electron chi connectivity index (χ2n) is 4.31. The summed E-state index contributed by atoms with van der Waals surface area (Å²) in [7, 11) is 0. The number of aliphatic hydroxyl groups excluding tert-OH is 1. The van der Waals surface area contributed by atoms with Gasteiger partial charge in [-0.05, 0) is 12.8 Å². The molecule has 1 aliphatic rings. The highest BCUT2D eigenvalue weighted by Gasteiger charge is 2.42. The minimum absolute atomic E-state index is 0.0962. The molecule has 0 heterocycles. The Labute approximate surface area is 100 Å². The Bertz CT molecular complexity index is 279. The van der Waals surface area contributed by atoms with Crippen LogP contribution in [-0.2, 0) is 9.59 Å². The second-order valence-corrected chi connectivity index (χ2v) is 4.68. The Morgan fingerprint density at radius 2 is 2.12 bits per heavy atom. The number of hydrogen-bond acceptors (Lipinski definition) is 4. The van der Waals surface area contributed by atoms with Crippen molar-refractivity contribution in [1.29, 1.82) is 0 Å². The van der Waals surface area contributed by atoms with E-state index in [9.17, 15) is 9.59 Å². The van der Waals surface area contributed by atoms with Gasteiger partial charge in [-0.3, -0.25) is 9.59 Å². The molecule has 1 saturated carbocycles. The molecule has 0 bridgehead atoms. The van der Waals surface area contributed by atoms with E-state index in [-0.39, 0.29) is 29.6 Å². The largest absolute Gasteiger partial charge is 0.396 e. The van der Waals surface area contributed by atoms with E-state index in [1.165, 1.54) is 6.92 Å². The van der Waals surface area contributed by atoms with E-state index in [0.717, 1.165) is 12.8 Å². The first-order valence-corrected chi connectivity index (χ1v) is 5.93. The predicted molar refractivity (Wildman–Crippen MR) is 63.2 cm³/mol. The van der Waals surface area contributed by atoms with Crippen LogP contribution in [0.25, 0.3) is 0 Å². The quantitative estimate of drug-likeness (QED) is 0.468. The molecule has 92 valence electrons. The third-order valence-corrected chi connectivity index (χ3v) is 3.17. The van der Waals surface area contributed by atoms with Crippen LogP contribution < -0.4 is 10.6 Å². The molecular weight excluding hydrogens is 228 g/mol. The Hall–Kier alpha value is -0.750. The van der Waals surface area contributed by atoms with Gasteiger partial charge in [-0.2, -0.15) is 12.6 Å². The number of thiol groups is 1. The number of amides is 2. The first kappa shape index (κ1) is 13.3. The molecule has 0 aliphatic heterocycles. The SMILES string of the molecule is CC(=O)NC(CS)C(=O)NCC1(CO)CC1. The Kier molecular flexibility index (Phi) is 4.61. The van der Waals surface area contributed by atoms with Crippen LogP contribution in [0.15, 0.2) is 0 Å². The van der Waals surface area contributed by atoms with Crippen LogP contribution in [0.5, 0.6) is 0 Å². The van der Waals surface area contributed by atoms with Crippen molar-refractivity contribution in [3.63, 3.8) is 0 Å². The molecule has 6 heteroatoms. The molecule has 0 saturated heterocycles. The molecule has 1 atom stereocenters. The monoisotopic (exact) mass is 246 g/mol. The fourth-order valence-electron chi connectivity index (χ4n) is 1.40. The van der Waals surface area contributed by atoms with Crippen molar-refractivity contribution in [3.05, 3.63) is 0 Å². The van der Waals surface area contributed by atoms with Crippen molar-refractivity contribution < 1.29 is 14.7 Å². The molecular formula is C10H18N2O3S. The standard InChI is InChI=1S/C10H18N2O3S/c1-7(14)12-8(4-16)9(15)11-5-10(6-13)2-3-10/h8,13,16H,2-6H2,1H3,(H,11,15)(H,12,14). The Morgan fingerprint density at radius 3 is 2.50 bits per heavy atom. The van der Waals surface area contributed by atoms with Crippen molar-refractivity contribution in [1.82, 2.24) is 10.6 Å². The molecule has 1 fully saturated rings. The zero-order chi connectivity index (χ0) is 12.2. The molecule has 1 aliphatic carbocycles. The van der Waals surface area contributed by atoms with Gasteiger partial charge in [0, 0.05) is 24.6 Å². The average molecular weight is 246 g/mol. The predicted octanol–water partition coefficient (Wildman–Crippen LogP) is -0.690. The van der Waals surface area contributed by atoms with Crippen molar-refractivity contribution >= 4 is 24.4 Å². The van der Waals surface area contributed by atoms with Gasteiger partial charge in [0.05, 0.1) is 6.61 Å². The van der Waals surface area contributed by atoms with E-state index in [2.05, 4.69) is 23.3 Å². The molecule has 16 heavy (non-hydrogen) atoms. The first-order chi connectivity index (χ1) is 7.53. The molecule has 0 aromatic rings. The minimum atomic E-state index is -0.602. The molecule has 0 spiro atoms. The molecule has 1 rings (SSSR count). The lowest BCUT2D eigenvalue weighted by Crippen LogP contribution is -2.48. The van der Waals surface area contributed by atoms with Crippen LogP contribution in [0.3, 0.4) is 0 Å². The summed E-state index contributed by atoms with van der Waals surface area (Å²) < 4.78 is 0. The van der Waals surface area contributed by atoms with Gasteiger partial charge in [0.1, 0.15) is 6.04 Å². The van der Waals surface area contributed by atoms with Crippen molar-refractivity contribution in [2.75, 3.05) is 18.9 Å². The third kappa shape index (κ3) is 3.68. The first-order valence-electron chi connectivity index (χ1n) is 5.29. The average Bonchev–Trinajstić information content (AvgIpc) is 3.03. The second kappa shape index (κ2) is 5.54. The highest BCUT2D eigenvalue weighted by molar-refractivity contribution is 7.80. The molecule has 0 aromatic heterocycles. The van der Waals surface area contributed by atoms with Crippen LogP contribution in [0.2, 0.25) is 0 Å². The summed E-state index contributed by atoms with van der Waals surface area (Å²) >= 11 is 4.01. The highest BCUT2D eigenvalue weighted by atomic mass is 32.1. The number of carbonyl (C=O) groups excluding carboxylic acids is 2. The zero-order valence-corrected chi connectivity index (χ0v) is 10.2. The fraction of sp³-hybridized carbons (Fsp3) is 0.800. The number of rotatable bonds is 6. The zero-order valence-electron chi connectivity index (χ0n) is 9.32. The number of nitrogens with one attached hydrogen (secondary N) is 2. The van der Waals surface area contributed by atoms with E-state index < -0.39 is 6.04 Å². The topological polar surface area (TPSA) is 78.4 Å². The molecule has 0 radical (unpaired) electrons. The number of carbonyl (C=O) groups is 2. The minimum Gasteiger partial charge on any atom is -0.396 e. The van der Waals surface area contributed by atoms with E-state index in [4.69, 9.17) is 5.11 Å². The van der Waals surface area contributed by atoms with E-state index in [0.29, 0.717) is 6.54 Å². The van der Waals surface area contributed by atoms with E-state index in [1.54, 1.807) is 0 Å². The van der Waals surface area contributed by atoms with Crippen molar-refractivity contribution in [3.8, 4) is 0 Å². The van der Waals surface area contributed by atoms with Gasteiger partial charge < -0.3 is 15.7 Å². The molecule has 3 N–H and O–H groups in total. The lowest BCUT2D eigenvalue weighted by atomic mass is 10.1. The van der Waals surface area contributed by atoms with Crippen LogP contribution in [-0.4, -0.2) is 41.9 Å². The van der Waals surface area contributed by atoms with Gasteiger partial charge in [-0.25, -0.2) is 0 Å². The van der Waals surface area contributed by atoms with E-state index in [1.807, 2.05) is 0 Å². The molecule has 5 nitrogen and oxygen atoms in total. The van der Waals surface area contributed by atoms with Crippen molar-refractivity contribution in [2.24, 2.45) is 5.41 Å². The van der Waals surface area contributed by atoms with Crippen LogP contribution >= 0.6 is 12.6 Å². The van der Waals surface area contributed by atoms with Crippen LogP contribution in [0.4, 0.5) is 0 Å². The maximum Gasteiger partial charge on any atom is 0.243 e. The lowest BCUT2D eigenvalue weighted by molar-refractivity contribution is -0.127. The van der Waals surface area contributed by atoms with Gasteiger partial charge in [0.15, 0.2) is 0 Å². The summed E-state index contributed by atoms with van der Waals surface area (Å²) in [4.78, 5) is 22.5. The summed E-state index contributed by atoms with van der Waals surface area (Å²) in [6.45, 7) is 1.92. The van der Waals surface area contributed by atoms with E-state index >= 15 is 0 Å². The smallest absolute Gasteiger partial charge is 0.243 e. The van der Waals surface area contributed by atoms with Gasteiger partial charge in [0.25, 0.3) is 0 Å². The summed E-state index contributed by atoms with van der Waals surface area (Å²) in [6.07, 6.45) is 1.88. The highest BCUT2D eigenvalue weighted by Crippen LogP contribution is 2.44. The van der Waals surface area contributed by atoms with Gasteiger partial charge in [0.2, 0.25) is 11.8 Å². The van der Waals surface area contributed by atoms with Crippen LogP contribution in [0, 0.1) is 5.41 Å². The van der Waals surface area contributed by atoms with Crippen molar-refractivity contribution in [2.45, 2.75) is 25.8 Å². The summed E-state index contributed by atoms with van der Waals surface area (Å²) in [5, 5.41) is 14.3. The van der Waals surface area contributed by atoms with Gasteiger partial charge in [-0.1, -0.05) is 0 Å². The van der Waals surface area contributed by atoms with Crippen LogP contribution in [0.1, 0.15) is 19.8 Å². The Morgan fingerprint density at radius 1 is 1.50 bits per heavy atom. The summed E-state index contributed by atoms with van der Waals surface area (Å²) in [6, 6.07) is -0.602. The van der Waals surface area contributed by atoms with Gasteiger partial charge in [-0.15, -0.1) is 0 Å². The normalized spacial score (nSPS) is 18.7. The Balaban J connectivity index is 2.35. The maximum atomic E-state index is 11.6. The third-order valence-electron chi connectivity index (χ3n) is 2.81. The summed E-state index contributed by atoms with van der Waals surface area (Å²) in [5.41, 5.74) is -0.118. The molecule has 0 aromatic carbocycles. The maximum absolute atomic E-state index is 11.6. The number of aliphatic hydroxyl groups is 1. The van der Waals surface area contributed by atoms with Gasteiger partial charge >= 0.3 is 0 Å². The number of hydrogen-bond donors (Lipinski definition) is 4. The fourth-order valence-corrected chi connectivity index (χ4v) is 1.66.